The van der Waals surface area contributed by atoms with Crippen molar-refractivity contribution in [3.05, 3.63) is 17.0 Å². The Morgan fingerprint density at radius 3 is 2.88 bits per heavy atom. The highest BCUT2D eigenvalue weighted by atomic mass is 16.5. The van der Waals surface area contributed by atoms with E-state index in [9.17, 15) is 14.7 Å². The molecule has 7 nitrogen and oxygen atoms in total. The molecule has 1 spiro atoms. The first kappa shape index (κ1) is 17.5. The molecule has 1 aliphatic carbocycles. The van der Waals surface area contributed by atoms with Gasteiger partial charge in [0.2, 0.25) is 5.91 Å². The van der Waals surface area contributed by atoms with E-state index in [0.717, 1.165) is 32.4 Å². The van der Waals surface area contributed by atoms with Gasteiger partial charge in [-0.05, 0) is 44.9 Å². The minimum Gasteiger partial charge on any atom is -0.391 e. The van der Waals surface area contributed by atoms with Crippen LogP contribution >= 0.6 is 0 Å². The number of aromatic nitrogens is 1. The van der Waals surface area contributed by atoms with Gasteiger partial charge in [-0.2, -0.15) is 0 Å². The molecule has 26 heavy (non-hydrogen) atoms. The fraction of sp³-hybridized carbons (Fsp3) is 0.737. The maximum Gasteiger partial charge on any atom is 0.276 e. The van der Waals surface area contributed by atoms with Gasteiger partial charge in [0.25, 0.3) is 5.91 Å². The number of aliphatic hydroxyl groups excluding tert-OH is 1. The molecule has 1 atom stereocenters. The van der Waals surface area contributed by atoms with Crippen molar-refractivity contribution in [3.8, 4) is 0 Å². The molecule has 3 fully saturated rings. The summed E-state index contributed by atoms with van der Waals surface area (Å²) in [7, 11) is 0. The van der Waals surface area contributed by atoms with Crippen LogP contribution in [0.2, 0.25) is 0 Å². The molecule has 1 saturated carbocycles. The summed E-state index contributed by atoms with van der Waals surface area (Å²) in [6.45, 7) is 4.43. The van der Waals surface area contributed by atoms with Gasteiger partial charge in [-0.15, -0.1) is 0 Å². The Hall–Kier alpha value is -1.89. The molecule has 2 saturated heterocycles. The molecule has 3 heterocycles. The van der Waals surface area contributed by atoms with Crippen LogP contribution in [0.1, 0.15) is 60.3 Å². The molecule has 0 aromatic carbocycles. The summed E-state index contributed by atoms with van der Waals surface area (Å²) in [5, 5.41) is 13.4. The number of amides is 2. The molecule has 2 amide bonds. The lowest BCUT2D eigenvalue weighted by Crippen LogP contribution is -2.55. The quantitative estimate of drug-likeness (QED) is 0.882. The van der Waals surface area contributed by atoms with Gasteiger partial charge in [-0.3, -0.25) is 9.59 Å². The van der Waals surface area contributed by atoms with Gasteiger partial charge in [0, 0.05) is 38.0 Å². The summed E-state index contributed by atoms with van der Waals surface area (Å²) in [6.07, 6.45) is 5.88. The zero-order valence-electron chi connectivity index (χ0n) is 15.4. The molecule has 3 aliphatic rings. The van der Waals surface area contributed by atoms with Gasteiger partial charge in [0.05, 0.1) is 12.2 Å². The first-order valence-electron chi connectivity index (χ1n) is 9.64. The number of nitrogens with zero attached hydrogens (tertiary/aromatic N) is 3. The zero-order valence-corrected chi connectivity index (χ0v) is 15.4. The summed E-state index contributed by atoms with van der Waals surface area (Å²) in [6, 6.07) is 0. The monoisotopic (exact) mass is 361 g/mol. The zero-order chi connectivity index (χ0) is 18.3. The number of carbonyl (C=O) groups excluding carboxylic acids is 2. The minimum atomic E-state index is -0.251. The minimum absolute atomic E-state index is 0.00509. The van der Waals surface area contributed by atoms with Crippen molar-refractivity contribution < 1.29 is 19.2 Å². The smallest absolute Gasteiger partial charge is 0.276 e. The van der Waals surface area contributed by atoms with Crippen LogP contribution in [-0.2, 0) is 11.4 Å². The number of aliphatic hydroxyl groups is 1. The number of carbonyl (C=O) groups is 2. The van der Waals surface area contributed by atoms with E-state index in [1.807, 2.05) is 9.80 Å². The number of likely N-dealkylation sites (tertiary alicyclic amines) is 2. The van der Waals surface area contributed by atoms with Crippen LogP contribution in [0.4, 0.5) is 0 Å². The first-order valence-corrected chi connectivity index (χ1v) is 9.64. The Labute approximate surface area is 153 Å². The van der Waals surface area contributed by atoms with E-state index in [4.69, 9.17) is 4.52 Å². The molecule has 7 heteroatoms. The highest BCUT2D eigenvalue weighted by molar-refractivity contribution is 5.94. The van der Waals surface area contributed by atoms with E-state index in [1.165, 1.54) is 12.8 Å². The average molecular weight is 361 g/mol. The predicted octanol–water partition coefficient (Wildman–Crippen LogP) is 1.73. The number of hydrogen-bond donors (Lipinski definition) is 1. The number of aryl methyl sites for hydroxylation is 1. The number of hydrogen-bond acceptors (Lipinski definition) is 5. The molecule has 142 valence electrons. The lowest BCUT2D eigenvalue weighted by Gasteiger charge is -2.48. The Bertz CT molecular complexity index is 712. The Balaban J connectivity index is 1.49. The topological polar surface area (TPSA) is 86.9 Å². The van der Waals surface area contributed by atoms with Gasteiger partial charge in [-0.25, -0.2) is 0 Å². The second-order valence-corrected chi connectivity index (χ2v) is 8.27. The summed E-state index contributed by atoms with van der Waals surface area (Å²) in [5.41, 5.74) is 0.696. The SMILES string of the molecule is Cc1onc(C(=O)N2CCC[C@]3(CCC(=O)N(CC4CC4)C3)C2)c1CO. The normalized spacial score (nSPS) is 26.6. The predicted molar refractivity (Wildman–Crippen MR) is 93.3 cm³/mol. The van der Waals surface area contributed by atoms with Crippen LogP contribution in [-0.4, -0.2) is 58.1 Å². The molecule has 0 unspecified atom stereocenters. The van der Waals surface area contributed by atoms with Gasteiger partial charge in [0.1, 0.15) is 5.76 Å². The van der Waals surface area contributed by atoms with Crippen molar-refractivity contribution in [1.82, 2.24) is 15.0 Å². The standard InChI is InChI=1S/C19H27N3O4/c1-13-15(10-23)17(20-26-13)18(25)21-8-2-6-19(11-21)7-5-16(24)22(12-19)9-14-3-4-14/h14,23H,2-12H2,1H3/t19-/m0/s1. The largest absolute Gasteiger partial charge is 0.391 e. The van der Waals surface area contributed by atoms with Crippen molar-refractivity contribution in [1.29, 1.82) is 0 Å². The third-order valence-corrected chi connectivity index (χ3v) is 6.22. The van der Waals surface area contributed by atoms with Gasteiger partial charge in [-0.1, -0.05) is 5.16 Å². The van der Waals surface area contributed by atoms with Crippen molar-refractivity contribution in [3.63, 3.8) is 0 Å². The van der Waals surface area contributed by atoms with Gasteiger partial charge in [0.15, 0.2) is 5.69 Å². The Kier molecular flexibility index (Phi) is 4.50. The van der Waals surface area contributed by atoms with Crippen molar-refractivity contribution in [2.24, 2.45) is 11.3 Å². The van der Waals surface area contributed by atoms with E-state index >= 15 is 0 Å². The van der Waals surface area contributed by atoms with Crippen molar-refractivity contribution >= 4 is 11.8 Å². The highest BCUT2D eigenvalue weighted by Crippen LogP contribution is 2.41. The van der Waals surface area contributed by atoms with E-state index in [2.05, 4.69) is 5.16 Å². The van der Waals surface area contributed by atoms with Crippen LogP contribution in [0.3, 0.4) is 0 Å². The molecule has 0 bridgehead atoms. The maximum absolute atomic E-state index is 13.0. The fourth-order valence-electron chi connectivity index (χ4n) is 4.49. The molecular formula is C19H27N3O4. The lowest BCUT2D eigenvalue weighted by molar-refractivity contribution is -0.139. The second kappa shape index (κ2) is 6.68. The molecule has 1 aromatic heterocycles. The van der Waals surface area contributed by atoms with Crippen LogP contribution in [0.25, 0.3) is 0 Å². The lowest BCUT2D eigenvalue weighted by atomic mass is 9.73. The van der Waals surface area contributed by atoms with Gasteiger partial charge < -0.3 is 19.4 Å². The van der Waals surface area contributed by atoms with Crippen molar-refractivity contribution in [2.75, 3.05) is 26.2 Å². The molecule has 1 aromatic rings. The summed E-state index contributed by atoms with van der Waals surface area (Å²) in [4.78, 5) is 29.1. The van der Waals surface area contributed by atoms with Crippen LogP contribution < -0.4 is 0 Å². The first-order chi connectivity index (χ1) is 12.5. The molecule has 1 N–H and O–H groups in total. The van der Waals surface area contributed by atoms with E-state index in [1.54, 1.807) is 6.92 Å². The summed E-state index contributed by atoms with van der Waals surface area (Å²) >= 11 is 0. The fourth-order valence-corrected chi connectivity index (χ4v) is 4.49. The Morgan fingerprint density at radius 1 is 1.35 bits per heavy atom. The summed E-state index contributed by atoms with van der Waals surface area (Å²) in [5.74, 6) is 1.26. The van der Waals surface area contributed by atoms with Crippen molar-refractivity contribution in [2.45, 2.75) is 52.1 Å². The average Bonchev–Trinajstić information content (AvgIpc) is 3.37. The highest BCUT2D eigenvalue weighted by Gasteiger charge is 2.44. The van der Waals surface area contributed by atoms with E-state index < -0.39 is 0 Å². The molecule has 0 radical (unpaired) electrons. The van der Waals surface area contributed by atoms with E-state index in [-0.39, 0.29) is 29.5 Å². The maximum atomic E-state index is 13.0. The Morgan fingerprint density at radius 2 is 2.15 bits per heavy atom. The van der Waals surface area contributed by atoms with E-state index in [0.29, 0.717) is 36.8 Å². The molecular weight excluding hydrogens is 334 g/mol. The third kappa shape index (κ3) is 3.24. The number of rotatable bonds is 4. The second-order valence-electron chi connectivity index (χ2n) is 8.27. The van der Waals surface area contributed by atoms with Crippen LogP contribution in [0.15, 0.2) is 4.52 Å². The third-order valence-electron chi connectivity index (χ3n) is 6.22. The van der Waals surface area contributed by atoms with Crippen LogP contribution in [0, 0.1) is 18.3 Å². The molecule has 2 aliphatic heterocycles. The van der Waals surface area contributed by atoms with Gasteiger partial charge >= 0.3 is 0 Å². The number of piperidine rings is 2. The molecule has 4 rings (SSSR count). The van der Waals surface area contributed by atoms with Crippen LogP contribution in [0.5, 0.6) is 0 Å². The summed E-state index contributed by atoms with van der Waals surface area (Å²) < 4.78 is 5.11.